The first-order valence-corrected chi connectivity index (χ1v) is 6.79. The number of hydrogen-bond acceptors (Lipinski definition) is 4. The molecule has 0 saturated heterocycles. The van der Waals surface area contributed by atoms with Gasteiger partial charge in [-0.1, -0.05) is 11.6 Å². The maximum atomic E-state index is 12.1. The highest BCUT2D eigenvalue weighted by atomic mass is 79.9. The van der Waals surface area contributed by atoms with Crippen molar-refractivity contribution in [3.05, 3.63) is 61.6 Å². The summed E-state index contributed by atoms with van der Waals surface area (Å²) in [6, 6.07) is 7.95. The van der Waals surface area contributed by atoms with Gasteiger partial charge < -0.3 is 10.4 Å². The summed E-state index contributed by atoms with van der Waals surface area (Å²) < 4.78 is 0.576. The molecule has 2 aromatic carbocycles. The van der Waals surface area contributed by atoms with E-state index in [2.05, 4.69) is 21.2 Å². The summed E-state index contributed by atoms with van der Waals surface area (Å²) in [6.45, 7) is 0. The highest BCUT2D eigenvalue weighted by molar-refractivity contribution is 9.10. The van der Waals surface area contributed by atoms with Crippen molar-refractivity contribution >= 4 is 44.8 Å². The summed E-state index contributed by atoms with van der Waals surface area (Å²) in [7, 11) is 0. The standard InChI is InChI=1S/C13H8BrClN2O4/c14-10-5-7(1-3-11(10)15)16-13(19)9-6-8(18)2-4-12(9)17(20)21/h1-6,18H,(H,16,19). The second kappa shape index (κ2) is 6.11. The smallest absolute Gasteiger partial charge is 0.282 e. The number of carbonyl (C=O) groups excluding carboxylic acids is 1. The van der Waals surface area contributed by atoms with Crippen molar-refractivity contribution in [2.75, 3.05) is 5.32 Å². The van der Waals surface area contributed by atoms with Gasteiger partial charge in [-0.05, 0) is 46.3 Å². The molecular weight excluding hydrogens is 364 g/mol. The van der Waals surface area contributed by atoms with Crippen LogP contribution in [0.3, 0.4) is 0 Å². The molecule has 0 saturated carbocycles. The van der Waals surface area contributed by atoms with Gasteiger partial charge in [0.25, 0.3) is 11.6 Å². The molecule has 0 atom stereocenters. The Morgan fingerprint density at radius 1 is 1.29 bits per heavy atom. The first kappa shape index (κ1) is 15.3. The van der Waals surface area contributed by atoms with E-state index in [1.54, 1.807) is 18.2 Å². The average Bonchev–Trinajstić information content (AvgIpc) is 2.42. The molecule has 2 N–H and O–H groups in total. The lowest BCUT2D eigenvalue weighted by Gasteiger charge is -2.07. The zero-order chi connectivity index (χ0) is 15.6. The van der Waals surface area contributed by atoms with Gasteiger partial charge in [-0.15, -0.1) is 0 Å². The van der Waals surface area contributed by atoms with E-state index in [1.165, 1.54) is 0 Å². The molecule has 0 unspecified atom stereocenters. The number of nitrogens with one attached hydrogen (secondary N) is 1. The maximum absolute atomic E-state index is 12.1. The quantitative estimate of drug-likeness (QED) is 0.631. The number of amides is 1. The van der Waals surface area contributed by atoms with Gasteiger partial charge in [0.05, 0.1) is 9.95 Å². The molecule has 21 heavy (non-hydrogen) atoms. The van der Waals surface area contributed by atoms with Gasteiger partial charge in [-0.25, -0.2) is 0 Å². The fraction of sp³-hybridized carbons (Fsp3) is 0. The van der Waals surface area contributed by atoms with E-state index >= 15 is 0 Å². The number of carbonyl (C=O) groups is 1. The molecule has 0 spiro atoms. The van der Waals surface area contributed by atoms with E-state index in [-0.39, 0.29) is 11.3 Å². The average molecular weight is 372 g/mol. The van der Waals surface area contributed by atoms with Gasteiger partial charge in [0.15, 0.2) is 0 Å². The van der Waals surface area contributed by atoms with Crippen molar-refractivity contribution in [1.29, 1.82) is 0 Å². The van der Waals surface area contributed by atoms with Crippen molar-refractivity contribution in [3.8, 4) is 5.75 Å². The number of phenolic OH excluding ortho intramolecular Hbond substituents is 1. The van der Waals surface area contributed by atoms with Gasteiger partial charge in [-0.3, -0.25) is 14.9 Å². The number of anilines is 1. The fourth-order valence-corrected chi connectivity index (χ4v) is 2.13. The zero-order valence-corrected chi connectivity index (χ0v) is 12.7. The third kappa shape index (κ3) is 3.50. The summed E-state index contributed by atoms with van der Waals surface area (Å²) in [4.78, 5) is 22.3. The molecular formula is C13H8BrClN2O4. The number of nitrogens with zero attached hydrogens (tertiary/aromatic N) is 1. The molecule has 0 radical (unpaired) electrons. The lowest BCUT2D eigenvalue weighted by Crippen LogP contribution is -2.13. The van der Waals surface area contributed by atoms with Crippen LogP contribution in [-0.4, -0.2) is 15.9 Å². The third-order valence-corrected chi connectivity index (χ3v) is 3.81. The van der Waals surface area contributed by atoms with E-state index in [4.69, 9.17) is 11.6 Å². The summed E-state index contributed by atoms with van der Waals surface area (Å²) >= 11 is 9.05. The Kier molecular flexibility index (Phi) is 4.44. The molecule has 1 amide bonds. The van der Waals surface area contributed by atoms with Crippen LogP contribution in [0.5, 0.6) is 5.75 Å². The minimum absolute atomic E-state index is 0.230. The number of phenols is 1. The fourth-order valence-electron chi connectivity index (χ4n) is 1.64. The van der Waals surface area contributed by atoms with E-state index in [0.29, 0.717) is 15.2 Å². The van der Waals surface area contributed by atoms with Crippen LogP contribution in [0.4, 0.5) is 11.4 Å². The van der Waals surface area contributed by atoms with Gasteiger partial charge in [-0.2, -0.15) is 0 Å². The van der Waals surface area contributed by atoms with Crippen molar-refractivity contribution in [1.82, 2.24) is 0 Å². The first-order chi connectivity index (χ1) is 9.88. The van der Waals surface area contributed by atoms with Gasteiger partial charge in [0.2, 0.25) is 0 Å². The SMILES string of the molecule is O=C(Nc1ccc(Cl)c(Br)c1)c1cc(O)ccc1[N+](=O)[O-]. The second-order valence-corrected chi connectivity index (χ2v) is 5.30. The Balaban J connectivity index is 2.34. The number of aromatic hydroxyl groups is 1. The molecule has 0 aliphatic heterocycles. The number of nitro groups is 1. The third-order valence-electron chi connectivity index (χ3n) is 2.60. The summed E-state index contributed by atoms with van der Waals surface area (Å²) in [5, 5.41) is 23.3. The largest absolute Gasteiger partial charge is 0.508 e. The van der Waals surface area contributed by atoms with E-state index < -0.39 is 16.5 Å². The summed E-state index contributed by atoms with van der Waals surface area (Å²) in [5.74, 6) is -0.935. The van der Waals surface area contributed by atoms with E-state index in [9.17, 15) is 20.0 Å². The predicted molar refractivity (Wildman–Crippen MR) is 81.9 cm³/mol. The molecule has 0 fully saturated rings. The monoisotopic (exact) mass is 370 g/mol. The van der Waals surface area contributed by atoms with Crippen molar-refractivity contribution in [3.63, 3.8) is 0 Å². The van der Waals surface area contributed by atoms with E-state index in [0.717, 1.165) is 18.2 Å². The molecule has 0 aliphatic carbocycles. The van der Waals surface area contributed by atoms with Crippen molar-refractivity contribution in [2.24, 2.45) is 0 Å². The van der Waals surface area contributed by atoms with Crippen LogP contribution in [0.1, 0.15) is 10.4 Å². The maximum Gasteiger partial charge on any atom is 0.282 e. The lowest BCUT2D eigenvalue weighted by molar-refractivity contribution is -0.385. The molecule has 8 heteroatoms. The highest BCUT2D eigenvalue weighted by Crippen LogP contribution is 2.27. The molecule has 0 bridgehead atoms. The topological polar surface area (TPSA) is 92.5 Å². The normalized spacial score (nSPS) is 10.2. The van der Waals surface area contributed by atoms with Crippen LogP contribution in [0.2, 0.25) is 5.02 Å². The predicted octanol–water partition coefficient (Wildman–Crippen LogP) is 3.97. The first-order valence-electron chi connectivity index (χ1n) is 5.62. The zero-order valence-electron chi connectivity index (χ0n) is 10.3. The minimum atomic E-state index is -0.702. The number of rotatable bonds is 3. The Bertz CT molecular complexity index is 736. The molecule has 0 aliphatic rings. The Hall–Kier alpha value is -2.12. The van der Waals surface area contributed by atoms with Crippen LogP contribution < -0.4 is 5.32 Å². The minimum Gasteiger partial charge on any atom is -0.508 e. The lowest BCUT2D eigenvalue weighted by atomic mass is 10.1. The number of halogens is 2. The van der Waals surface area contributed by atoms with E-state index in [1.807, 2.05) is 0 Å². The number of hydrogen-bond donors (Lipinski definition) is 2. The summed E-state index contributed by atoms with van der Waals surface area (Å²) in [5.41, 5.74) is -0.210. The van der Waals surface area contributed by atoms with Gasteiger partial charge in [0, 0.05) is 16.2 Å². The molecule has 0 aromatic heterocycles. The Morgan fingerprint density at radius 2 is 2.00 bits per heavy atom. The summed E-state index contributed by atoms with van der Waals surface area (Å²) in [6.07, 6.45) is 0. The van der Waals surface area contributed by atoms with Crippen molar-refractivity contribution < 1.29 is 14.8 Å². The van der Waals surface area contributed by atoms with Gasteiger partial charge >= 0.3 is 0 Å². The van der Waals surface area contributed by atoms with Crippen LogP contribution >= 0.6 is 27.5 Å². The Morgan fingerprint density at radius 3 is 2.62 bits per heavy atom. The van der Waals surface area contributed by atoms with Crippen LogP contribution in [0.25, 0.3) is 0 Å². The van der Waals surface area contributed by atoms with Crippen LogP contribution in [-0.2, 0) is 0 Å². The number of nitro benzene ring substituents is 1. The second-order valence-electron chi connectivity index (χ2n) is 4.04. The molecule has 108 valence electrons. The molecule has 0 heterocycles. The van der Waals surface area contributed by atoms with Crippen molar-refractivity contribution in [2.45, 2.75) is 0 Å². The Labute approximate surface area is 132 Å². The highest BCUT2D eigenvalue weighted by Gasteiger charge is 2.21. The van der Waals surface area contributed by atoms with Crippen LogP contribution in [0.15, 0.2) is 40.9 Å². The molecule has 6 nitrogen and oxygen atoms in total. The molecule has 2 rings (SSSR count). The van der Waals surface area contributed by atoms with Crippen LogP contribution in [0, 0.1) is 10.1 Å². The van der Waals surface area contributed by atoms with Gasteiger partial charge in [0.1, 0.15) is 11.3 Å². The molecule has 2 aromatic rings. The number of benzene rings is 2.